The topological polar surface area (TPSA) is 33.2 Å². The average molecular weight is 176 g/mol. The second kappa shape index (κ2) is 3.17. The summed E-state index contributed by atoms with van der Waals surface area (Å²) >= 11 is 0. The van der Waals surface area contributed by atoms with Crippen molar-refractivity contribution in [2.45, 2.75) is 19.8 Å². The first-order chi connectivity index (χ1) is 6.29. The van der Waals surface area contributed by atoms with E-state index >= 15 is 0 Å². The number of fused-ring (bicyclic) bond motifs is 1. The lowest BCUT2D eigenvalue weighted by Gasteiger charge is -2.27. The molecule has 0 spiro atoms. The van der Waals surface area contributed by atoms with E-state index in [9.17, 15) is 4.79 Å². The van der Waals surface area contributed by atoms with Crippen molar-refractivity contribution in [1.29, 1.82) is 0 Å². The molecule has 2 heterocycles. The molecule has 1 aliphatic rings. The van der Waals surface area contributed by atoms with E-state index in [1.807, 2.05) is 17.2 Å². The maximum absolute atomic E-state index is 11.3. The molecule has 0 saturated heterocycles. The Bertz CT molecular complexity index is 335. The van der Waals surface area contributed by atoms with Crippen molar-refractivity contribution in [3.63, 3.8) is 0 Å². The lowest BCUT2D eigenvalue weighted by atomic mass is 10.0. The van der Waals surface area contributed by atoms with Crippen molar-refractivity contribution < 1.29 is 4.79 Å². The fraction of sp³-hybridized carbons (Fsp3) is 0.400. The van der Waals surface area contributed by atoms with Gasteiger partial charge in [0, 0.05) is 31.5 Å². The van der Waals surface area contributed by atoms with Gasteiger partial charge in [-0.3, -0.25) is 9.78 Å². The molecule has 68 valence electrons. The molecule has 0 saturated carbocycles. The van der Waals surface area contributed by atoms with E-state index < -0.39 is 0 Å². The Morgan fingerprint density at radius 2 is 2.46 bits per heavy atom. The van der Waals surface area contributed by atoms with E-state index in [1.165, 1.54) is 5.56 Å². The van der Waals surface area contributed by atoms with Crippen LogP contribution in [0.25, 0.3) is 0 Å². The van der Waals surface area contributed by atoms with E-state index in [-0.39, 0.29) is 5.91 Å². The van der Waals surface area contributed by atoms with Crippen LogP contribution >= 0.6 is 0 Å². The van der Waals surface area contributed by atoms with Gasteiger partial charge in [0.1, 0.15) is 0 Å². The maximum atomic E-state index is 11.3. The molecule has 13 heavy (non-hydrogen) atoms. The zero-order chi connectivity index (χ0) is 9.26. The third kappa shape index (κ3) is 1.41. The van der Waals surface area contributed by atoms with Crippen molar-refractivity contribution in [3.8, 4) is 0 Å². The zero-order valence-electron chi connectivity index (χ0n) is 7.66. The number of aromatic nitrogens is 1. The molecule has 0 bridgehead atoms. The molecule has 0 fully saturated rings. The van der Waals surface area contributed by atoms with E-state index in [0.717, 1.165) is 25.1 Å². The predicted octanol–water partition coefficient (Wildman–Crippen LogP) is 1.38. The van der Waals surface area contributed by atoms with Gasteiger partial charge >= 0.3 is 0 Å². The first-order valence-corrected chi connectivity index (χ1v) is 4.50. The number of hydrogen-bond donors (Lipinski definition) is 0. The van der Waals surface area contributed by atoms with Crippen LogP contribution in [0.3, 0.4) is 0 Å². The second-order valence-electron chi connectivity index (χ2n) is 3.28. The molecule has 1 aromatic rings. The minimum atomic E-state index is 0.118. The van der Waals surface area contributed by atoms with Gasteiger partial charge in [0.25, 0.3) is 0 Å². The minimum absolute atomic E-state index is 0.118. The number of rotatable bonds is 0. The molecule has 1 aliphatic heterocycles. The fourth-order valence-corrected chi connectivity index (χ4v) is 1.75. The molecule has 0 atom stereocenters. The number of carbonyl (C=O) groups is 1. The SMILES string of the molecule is CC(=O)N1CCCc2cnccc21. The van der Waals surface area contributed by atoms with Gasteiger partial charge in [-0.05, 0) is 24.5 Å². The highest BCUT2D eigenvalue weighted by Gasteiger charge is 2.18. The molecule has 1 amide bonds. The lowest BCUT2D eigenvalue weighted by Crippen LogP contribution is -2.33. The van der Waals surface area contributed by atoms with E-state index in [4.69, 9.17) is 0 Å². The number of carbonyl (C=O) groups excluding carboxylic acids is 1. The van der Waals surface area contributed by atoms with Crippen molar-refractivity contribution in [2.24, 2.45) is 0 Å². The average Bonchev–Trinajstić information content (AvgIpc) is 2.17. The number of pyridine rings is 1. The van der Waals surface area contributed by atoms with E-state index in [0.29, 0.717) is 0 Å². The normalized spacial score (nSPS) is 15.3. The van der Waals surface area contributed by atoms with Gasteiger partial charge < -0.3 is 4.90 Å². The largest absolute Gasteiger partial charge is 0.312 e. The molecule has 0 aromatic carbocycles. The summed E-state index contributed by atoms with van der Waals surface area (Å²) in [5.41, 5.74) is 2.22. The molecule has 0 unspecified atom stereocenters. The summed E-state index contributed by atoms with van der Waals surface area (Å²) in [6, 6.07) is 1.91. The van der Waals surface area contributed by atoms with Crippen LogP contribution in [-0.2, 0) is 11.2 Å². The number of amides is 1. The number of aryl methyl sites for hydroxylation is 1. The zero-order valence-corrected chi connectivity index (χ0v) is 7.66. The number of anilines is 1. The summed E-state index contributed by atoms with van der Waals surface area (Å²) in [6.07, 6.45) is 5.66. The summed E-state index contributed by atoms with van der Waals surface area (Å²) in [7, 11) is 0. The monoisotopic (exact) mass is 176 g/mol. The van der Waals surface area contributed by atoms with Crippen LogP contribution in [0.4, 0.5) is 5.69 Å². The van der Waals surface area contributed by atoms with Crippen LogP contribution in [0, 0.1) is 0 Å². The quantitative estimate of drug-likeness (QED) is 0.598. The van der Waals surface area contributed by atoms with Gasteiger partial charge in [0.05, 0.1) is 0 Å². The lowest BCUT2D eigenvalue weighted by molar-refractivity contribution is -0.116. The van der Waals surface area contributed by atoms with Crippen molar-refractivity contribution in [3.05, 3.63) is 24.0 Å². The first kappa shape index (κ1) is 8.23. The van der Waals surface area contributed by atoms with Crippen LogP contribution < -0.4 is 4.90 Å². The molecule has 0 aliphatic carbocycles. The molecule has 3 heteroatoms. The molecule has 0 N–H and O–H groups in total. The molecule has 2 rings (SSSR count). The van der Waals surface area contributed by atoms with Crippen LogP contribution in [0.15, 0.2) is 18.5 Å². The fourth-order valence-electron chi connectivity index (χ4n) is 1.75. The van der Waals surface area contributed by atoms with Crippen molar-refractivity contribution >= 4 is 11.6 Å². The Morgan fingerprint density at radius 1 is 1.62 bits per heavy atom. The van der Waals surface area contributed by atoms with Gasteiger partial charge in [0.2, 0.25) is 5.91 Å². The molecular weight excluding hydrogens is 164 g/mol. The van der Waals surface area contributed by atoms with Crippen LogP contribution in [0.5, 0.6) is 0 Å². The Kier molecular flexibility index (Phi) is 2.00. The van der Waals surface area contributed by atoms with Crippen LogP contribution in [0.2, 0.25) is 0 Å². The first-order valence-electron chi connectivity index (χ1n) is 4.50. The second-order valence-corrected chi connectivity index (χ2v) is 3.28. The summed E-state index contributed by atoms with van der Waals surface area (Å²) in [5.74, 6) is 0.118. The predicted molar refractivity (Wildman–Crippen MR) is 50.6 cm³/mol. The third-order valence-electron chi connectivity index (χ3n) is 2.38. The standard InChI is InChI=1S/C10H12N2O/c1-8(13)12-6-2-3-9-7-11-5-4-10(9)12/h4-5,7H,2-3,6H2,1H3. The van der Waals surface area contributed by atoms with Crippen molar-refractivity contribution in [1.82, 2.24) is 4.98 Å². The summed E-state index contributed by atoms with van der Waals surface area (Å²) < 4.78 is 0. The smallest absolute Gasteiger partial charge is 0.223 e. The Balaban J connectivity index is 2.42. The summed E-state index contributed by atoms with van der Waals surface area (Å²) in [5, 5.41) is 0. The molecular formula is C10H12N2O. The number of hydrogen-bond acceptors (Lipinski definition) is 2. The van der Waals surface area contributed by atoms with Crippen molar-refractivity contribution in [2.75, 3.05) is 11.4 Å². The van der Waals surface area contributed by atoms with Crippen LogP contribution in [0.1, 0.15) is 18.9 Å². The number of nitrogens with zero attached hydrogens (tertiary/aromatic N) is 2. The van der Waals surface area contributed by atoms with E-state index in [2.05, 4.69) is 4.98 Å². The maximum Gasteiger partial charge on any atom is 0.223 e. The summed E-state index contributed by atoms with van der Waals surface area (Å²) in [4.78, 5) is 17.1. The highest BCUT2D eigenvalue weighted by Crippen LogP contribution is 2.25. The van der Waals surface area contributed by atoms with Crippen LogP contribution in [-0.4, -0.2) is 17.4 Å². The van der Waals surface area contributed by atoms with Gasteiger partial charge in [-0.15, -0.1) is 0 Å². The highest BCUT2D eigenvalue weighted by molar-refractivity contribution is 5.92. The Morgan fingerprint density at radius 3 is 3.23 bits per heavy atom. The van der Waals surface area contributed by atoms with Gasteiger partial charge in [-0.2, -0.15) is 0 Å². The Hall–Kier alpha value is -1.38. The molecule has 3 nitrogen and oxygen atoms in total. The van der Waals surface area contributed by atoms with Gasteiger partial charge in [-0.25, -0.2) is 0 Å². The van der Waals surface area contributed by atoms with Gasteiger partial charge in [-0.1, -0.05) is 0 Å². The third-order valence-corrected chi connectivity index (χ3v) is 2.38. The highest BCUT2D eigenvalue weighted by atomic mass is 16.2. The molecule has 1 aromatic heterocycles. The van der Waals surface area contributed by atoms with E-state index in [1.54, 1.807) is 13.1 Å². The minimum Gasteiger partial charge on any atom is -0.312 e. The van der Waals surface area contributed by atoms with Gasteiger partial charge in [0.15, 0.2) is 0 Å². The molecule has 0 radical (unpaired) electrons. The Labute approximate surface area is 77.4 Å². The summed E-state index contributed by atoms with van der Waals surface area (Å²) in [6.45, 7) is 2.45.